The number of carbonyl (C=O) groups is 1. The molecule has 1 amide bonds. The first kappa shape index (κ1) is 19.7. The number of rotatable bonds is 6. The molecule has 0 atom stereocenters. The molecule has 2 aromatic carbocycles. The van der Waals surface area contributed by atoms with Gasteiger partial charge in [0.2, 0.25) is 5.88 Å². The minimum Gasteiger partial charge on any atom is -0.484 e. The molecule has 0 spiro atoms. The molecule has 0 radical (unpaired) electrons. The summed E-state index contributed by atoms with van der Waals surface area (Å²) in [4.78, 5) is 16.7. The molecule has 1 N–H and O–H groups in total. The Morgan fingerprint density at radius 2 is 1.97 bits per heavy atom. The zero-order chi connectivity index (χ0) is 21.1. The Morgan fingerprint density at radius 1 is 1.17 bits per heavy atom. The van der Waals surface area contributed by atoms with Crippen LogP contribution in [0, 0.1) is 5.82 Å². The van der Waals surface area contributed by atoms with Crippen molar-refractivity contribution in [3.63, 3.8) is 0 Å². The van der Waals surface area contributed by atoms with Gasteiger partial charge < -0.3 is 14.8 Å². The van der Waals surface area contributed by atoms with Crippen molar-refractivity contribution in [3.05, 3.63) is 71.6 Å². The normalized spacial score (nSPS) is 10.8. The van der Waals surface area contributed by atoms with Crippen LogP contribution in [0.25, 0.3) is 16.9 Å². The summed E-state index contributed by atoms with van der Waals surface area (Å²) in [5.41, 5.74) is 1.83. The molecule has 2 aromatic heterocycles. The van der Waals surface area contributed by atoms with Crippen molar-refractivity contribution in [3.8, 4) is 22.9 Å². The molecule has 9 heteroatoms. The molecule has 0 fully saturated rings. The maximum Gasteiger partial charge on any atom is 0.262 e. The van der Waals surface area contributed by atoms with E-state index in [9.17, 15) is 9.18 Å². The SMILES string of the molecule is COc1ccc2nc(-c3ccc(F)c(NC(=O)COc4ccc(Cl)cc4)c3)cn2n1. The minimum atomic E-state index is -0.567. The Morgan fingerprint density at radius 3 is 2.73 bits per heavy atom. The van der Waals surface area contributed by atoms with Gasteiger partial charge in [-0.2, -0.15) is 0 Å². The number of methoxy groups -OCH3 is 1. The maximum absolute atomic E-state index is 14.2. The highest BCUT2D eigenvalue weighted by atomic mass is 35.5. The summed E-state index contributed by atoms with van der Waals surface area (Å²) in [5, 5.41) is 7.33. The number of hydrogen-bond acceptors (Lipinski definition) is 5. The van der Waals surface area contributed by atoms with Gasteiger partial charge in [0.25, 0.3) is 5.91 Å². The number of ether oxygens (including phenoxy) is 2. The molecule has 0 bridgehead atoms. The second-order valence-electron chi connectivity index (χ2n) is 6.29. The van der Waals surface area contributed by atoms with Gasteiger partial charge in [0.1, 0.15) is 11.6 Å². The molecule has 152 valence electrons. The number of nitrogens with zero attached hydrogens (tertiary/aromatic N) is 3. The van der Waals surface area contributed by atoms with E-state index in [1.165, 1.54) is 19.2 Å². The molecule has 7 nitrogen and oxygen atoms in total. The summed E-state index contributed by atoms with van der Waals surface area (Å²) in [5.74, 6) is -0.139. The van der Waals surface area contributed by atoms with Crippen LogP contribution in [0.5, 0.6) is 11.6 Å². The number of aromatic nitrogens is 3. The highest BCUT2D eigenvalue weighted by Crippen LogP contribution is 2.25. The van der Waals surface area contributed by atoms with Crippen LogP contribution in [0.15, 0.2) is 60.8 Å². The smallest absolute Gasteiger partial charge is 0.262 e. The first-order chi connectivity index (χ1) is 14.5. The van der Waals surface area contributed by atoms with E-state index >= 15 is 0 Å². The van der Waals surface area contributed by atoms with Crippen molar-refractivity contribution in [2.75, 3.05) is 19.0 Å². The van der Waals surface area contributed by atoms with Crippen LogP contribution in [-0.2, 0) is 4.79 Å². The number of carbonyl (C=O) groups excluding carboxylic acids is 1. The Labute approximate surface area is 176 Å². The third-order valence-electron chi connectivity index (χ3n) is 4.22. The minimum absolute atomic E-state index is 0.0276. The third-order valence-corrected chi connectivity index (χ3v) is 4.48. The Hall–Kier alpha value is -3.65. The molecule has 4 aromatic rings. The zero-order valence-electron chi connectivity index (χ0n) is 15.8. The van der Waals surface area contributed by atoms with Gasteiger partial charge in [-0.3, -0.25) is 4.79 Å². The summed E-state index contributed by atoms with van der Waals surface area (Å²) in [6.45, 7) is -0.274. The van der Waals surface area contributed by atoms with Crippen LogP contribution in [0.1, 0.15) is 0 Å². The second kappa shape index (κ2) is 8.38. The number of nitrogens with one attached hydrogen (secondary N) is 1. The predicted molar refractivity (Wildman–Crippen MR) is 111 cm³/mol. The van der Waals surface area contributed by atoms with Crippen LogP contribution in [0.3, 0.4) is 0 Å². The van der Waals surface area contributed by atoms with Crippen LogP contribution in [-0.4, -0.2) is 34.2 Å². The van der Waals surface area contributed by atoms with E-state index < -0.39 is 11.7 Å². The Kier molecular flexibility index (Phi) is 5.49. The number of hydrogen-bond donors (Lipinski definition) is 1. The van der Waals surface area contributed by atoms with Crippen molar-refractivity contribution in [2.45, 2.75) is 0 Å². The third kappa shape index (κ3) is 4.33. The number of fused-ring (bicyclic) bond motifs is 1. The summed E-state index contributed by atoms with van der Waals surface area (Å²) in [6.07, 6.45) is 1.69. The van der Waals surface area contributed by atoms with Crippen LogP contribution in [0.2, 0.25) is 5.02 Å². The maximum atomic E-state index is 14.2. The molecular weight excluding hydrogens is 411 g/mol. The highest BCUT2D eigenvalue weighted by Gasteiger charge is 2.12. The molecule has 0 saturated carbocycles. The second-order valence-corrected chi connectivity index (χ2v) is 6.73. The molecule has 0 aliphatic carbocycles. The summed E-state index contributed by atoms with van der Waals surface area (Å²) >= 11 is 5.81. The first-order valence-corrected chi connectivity index (χ1v) is 9.28. The highest BCUT2D eigenvalue weighted by molar-refractivity contribution is 6.30. The Balaban J connectivity index is 1.50. The van der Waals surface area contributed by atoms with Crippen molar-refractivity contribution in [2.24, 2.45) is 0 Å². The monoisotopic (exact) mass is 426 g/mol. The van der Waals surface area contributed by atoms with Gasteiger partial charge in [-0.25, -0.2) is 13.9 Å². The molecule has 4 rings (SSSR count). The van der Waals surface area contributed by atoms with E-state index in [0.717, 1.165) is 0 Å². The fourth-order valence-electron chi connectivity index (χ4n) is 2.76. The van der Waals surface area contributed by atoms with E-state index in [1.807, 2.05) is 0 Å². The van der Waals surface area contributed by atoms with E-state index in [0.29, 0.717) is 33.6 Å². The van der Waals surface area contributed by atoms with Crippen molar-refractivity contribution >= 4 is 28.8 Å². The summed E-state index contributed by atoms with van der Waals surface area (Å²) in [7, 11) is 1.53. The lowest BCUT2D eigenvalue weighted by atomic mass is 10.1. The number of imidazole rings is 1. The van der Waals surface area contributed by atoms with Crippen LogP contribution >= 0.6 is 11.6 Å². The topological polar surface area (TPSA) is 77.8 Å². The van der Waals surface area contributed by atoms with E-state index in [4.69, 9.17) is 21.1 Å². The molecular formula is C21H16ClFN4O3. The predicted octanol–water partition coefficient (Wildman–Crippen LogP) is 4.21. The lowest BCUT2D eigenvalue weighted by molar-refractivity contribution is -0.118. The number of anilines is 1. The van der Waals surface area contributed by atoms with Gasteiger partial charge in [-0.15, -0.1) is 5.10 Å². The van der Waals surface area contributed by atoms with Crippen LogP contribution in [0.4, 0.5) is 10.1 Å². The average Bonchev–Trinajstić information content (AvgIpc) is 3.18. The fraction of sp³-hybridized carbons (Fsp3) is 0.0952. The van der Waals surface area contributed by atoms with Gasteiger partial charge in [0.15, 0.2) is 12.3 Å². The van der Waals surface area contributed by atoms with Gasteiger partial charge in [-0.05, 0) is 48.5 Å². The lowest BCUT2D eigenvalue weighted by Crippen LogP contribution is -2.20. The van der Waals surface area contributed by atoms with Crippen molar-refractivity contribution in [1.29, 1.82) is 0 Å². The number of benzene rings is 2. The summed E-state index contributed by atoms with van der Waals surface area (Å²) < 4.78 is 26.3. The Bertz CT molecular complexity index is 1210. The van der Waals surface area contributed by atoms with E-state index in [1.54, 1.807) is 53.2 Å². The largest absolute Gasteiger partial charge is 0.484 e. The van der Waals surface area contributed by atoms with Gasteiger partial charge >= 0.3 is 0 Å². The average molecular weight is 427 g/mol. The fourth-order valence-corrected chi connectivity index (χ4v) is 2.88. The van der Waals surface area contributed by atoms with Crippen molar-refractivity contribution < 1.29 is 18.7 Å². The van der Waals surface area contributed by atoms with Gasteiger partial charge in [-0.1, -0.05) is 11.6 Å². The lowest BCUT2D eigenvalue weighted by Gasteiger charge is -2.09. The molecule has 30 heavy (non-hydrogen) atoms. The van der Waals surface area contributed by atoms with Gasteiger partial charge in [0.05, 0.1) is 24.7 Å². The summed E-state index contributed by atoms with van der Waals surface area (Å²) in [6, 6.07) is 14.4. The van der Waals surface area contributed by atoms with Crippen molar-refractivity contribution in [1.82, 2.24) is 14.6 Å². The number of halogens is 2. The zero-order valence-corrected chi connectivity index (χ0v) is 16.6. The van der Waals surface area contributed by atoms with E-state index in [2.05, 4.69) is 15.4 Å². The quantitative estimate of drug-likeness (QED) is 0.499. The molecule has 2 heterocycles. The van der Waals surface area contributed by atoms with Crippen LogP contribution < -0.4 is 14.8 Å². The van der Waals surface area contributed by atoms with E-state index in [-0.39, 0.29) is 12.3 Å². The standard InChI is InChI=1S/C21H16ClFN4O3/c1-29-21-9-8-19-24-18(11-27(19)26-21)13-2-7-16(23)17(10-13)25-20(28)12-30-15-5-3-14(22)4-6-15/h2-11H,12H2,1H3,(H,25,28). The van der Waals surface area contributed by atoms with Gasteiger partial charge in [0, 0.05) is 16.7 Å². The number of amides is 1. The molecule has 0 saturated heterocycles. The molecule has 0 aliphatic heterocycles. The molecule has 0 unspecified atom stereocenters. The molecule has 0 aliphatic rings. The first-order valence-electron chi connectivity index (χ1n) is 8.90.